The zero-order valence-electron chi connectivity index (χ0n) is 10.7. The number of benzene rings is 1. The highest BCUT2D eigenvalue weighted by Gasteiger charge is 2.22. The number of carbonyl (C=O) groups is 1. The molecule has 3 rings (SSSR count). The summed E-state index contributed by atoms with van der Waals surface area (Å²) in [6, 6.07) is 9.37. The number of nitrogens with zero attached hydrogens (tertiary/aromatic N) is 3. The smallest absolute Gasteiger partial charge is 0.267 e. The maximum atomic E-state index is 13.1. The van der Waals surface area contributed by atoms with Gasteiger partial charge in [-0.2, -0.15) is 5.10 Å². The number of hydrogen-bond acceptors (Lipinski definition) is 3. The molecule has 2 heterocycles. The van der Waals surface area contributed by atoms with Crippen LogP contribution < -0.4 is 0 Å². The lowest BCUT2D eigenvalue weighted by molar-refractivity contribution is 0.0778. The fourth-order valence-corrected chi connectivity index (χ4v) is 2.11. The van der Waals surface area contributed by atoms with Crippen LogP contribution in [0.1, 0.15) is 22.3 Å². The van der Waals surface area contributed by atoms with Crippen LogP contribution in [0.15, 0.2) is 53.9 Å². The molecule has 0 N–H and O–H groups in total. The number of aromatic nitrogens is 1. The van der Waals surface area contributed by atoms with Gasteiger partial charge in [0, 0.05) is 29.9 Å². The molecule has 5 heteroatoms. The van der Waals surface area contributed by atoms with E-state index in [1.165, 1.54) is 23.2 Å². The first kappa shape index (κ1) is 12.5. The molecular weight excluding hydrogens is 257 g/mol. The summed E-state index contributed by atoms with van der Waals surface area (Å²) < 4.78 is 13.1. The predicted octanol–water partition coefficient (Wildman–Crippen LogP) is 2.47. The molecule has 4 nitrogen and oxygen atoms in total. The van der Waals surface area contributed by atoms with E-state index in [0.717, 1.165) is 11.3 Å². The molecule has 100 valence electrons. The Bertz CT molecular complexity index is 670. The van der Waals surface area contributed by atoms with E-state index in [4.69, 9.17) is 0 Å². The van der Waals surface area contributed by atoms with Crippen molar-refractivity contribution in [3.63, 3.8) is 0 Å². The van der Waals surface area contributed by atoms with Gasteiger partial charge < -0.3 is 0 Å². The van der Waals surface area contributed by atoms with Gasteiger partial charge in [-0.15, -0.1) is 0 Å². The van der Waals surface area contributed by atoms with E-state index in [0.29, 0.717) is 18.5 Å². The Morgan fingerprint density at radius 2 is 2.15 bits per heavy atom. The zero-order valence-corrected chi connectivity index (χ0v) is 10.7. The quantitative estimate of drug-likeness (QED) is 0.840. The van der Waals surface area contributed by atoms with Crippen LogP contribution in [0.2, 0.25) is 0 Å². The molecule has 0 atom stereocenters. The highest BCUT2D eigenvalue weighted by molar-refractivity contribution is 6.04. The molecule has 0 aliphatic carbocycles. The van der Waals surface area contributed by atoms with Gasteiger partial charge in [0.15, 0.2) is 0 Å². The summed E-state index contributed by atoms with van der Waals surface area (Å²) in [7, 11) is 0. The third-order valence-corrected chi connectivity index (χ3v) is 3.10. The number of pyridine rings is 1. The van der Waals surface area contributed by atoms with E-state index >= 15 is 0 Å². The lowest BCUT2D eigenvalue weighted by Crippen LogP contribution is -2.23. The van der Waals surface area contributed by atoms with Crippen molar-refractivity contribution in [1.29, 1.82) is 0 Å². The van der Waals surface area contributed by atoms with Crippen molar-refractivity contribution in [3.8, 4) is 0 Å². The number of hydrogen-bond donors (Lipinski definition) is 0. The topological polar surface area (TPSA) is 45.6 Å². The standard InChI is InChI=1S/C15H12FN3O/c16-13-5-1-3-11(9-13)15(20)19-8-6-14(18-19)12-4-2-7-17-10-12/h1-5,7,9-10H,6,8H2. The second-order valence-electron chi connectivity index (χ2n) is 4.48. The molecule has 1 aromatic heterocycles. The Labute approximate surface area is 115 Å². The van der Waals surface area contributed by atoms with Crippen LogP contribution in [0.3, 0.4) is 0 Å². The van der Waals surface area contributed by atoms with Crippen molar-refractivity contribution in [2.24, 2.45) is 5.10 Å². The van der Waals surface area contributed by atoms with Crippen LogP contribution >= 0.6 is 0 Å². The maximum Gasteiger partial charge on any atom is 0.274 e. The van der Waals surface area contributed by atoms with Crippen molar-refractivity contribution in [3.05, 3.63) is 65.7 Å². The molecule has 0 fully saturated rings. The monoisotopic (exact) mass is 269 g/mol. The summed E-state index contributed by atoms with van der Waals surface area (Å²) in [4.78, 5) is 16.2. The van der Waals surface area contributed by atoms with E-state index in [1.807, 2.05) is 12.1 Å². The van der Waals surface area contributed by atoms with E-state index in [1.54, 1.807) is 18.5 Å². The molecule has 0 spiro atoms. The fourth-order valence-electron chi connectivity index (χ4n) is 2.11. The third kappa shape index (κ3) is 2.42. The lowest BCUT2D eigenvalue weighted by atomic mass is 10.1. The first-order valence-corrected chi connectivity index (χ1v) is 6.29. The molecule has 1 aliphatic rings. The van der Waals surface area contributed by atoms with E-state index < -0.39 is 5.82 Å². The molecule has 0 unspecified atom stereocenters. The predicted molar refractivity (Wildman–Crippen MR) is 72.8 cm³/mol. The number of amides is 1. The largest absolute Gasteiger partial charge is 0.274 e. The van der Waals surface area contributed by atoms with Gasteiger partial charge in [0.1, 0.15) is 5.82 Å². The number of hydrazone groups is 1. The summed E-state index contributed by atoms with van der Waals surface area (Å²) in [6.45, 7) is 0.500. The first-order chi connectivity index (χ1) is 9.74. The van der Waals surface area contributed by atoms with Crippen LogP contribution in [0.4, 0.5) is 4.39 Å². The van der Waals surface area contributed by atoms with Gasteiger partial charge in [0.05, 0.1) is 12.3 Å². The Kier molecular flexibility index (Phi) is 3.25. The normalized spacial score (nSPS) is 14.2. The minimum absolute atomic E-state index is 0.289. The Balaban J connectivity index is 1.83. The second kappa shape index (κ2) is 5.21. The molecule has 1 aliphatic heterocycles. The van der Waals surface area contributed by atoms with Crippen LogP contribution in [0, 0.1) is 5.82 Å². The van der Waals surface area contributed by atoms with Gasteiger partial charge in [0.2, 0.25) is 0 Å². The van der Waals surface area contributed by atoms with Gasteiger partial charge in [0.25, 0.3) is 5.91 Å². The minimum Gasteiger partial charge on any atom is -0.267 e. The Morgan fingerprint density at radius 3 is 2.90 bits per heavy atom. The maximum absolute atomic E-state index is 13.1. The second-order valence-corrected chi connectivity index (χ2v) is 4.48. The molecule has 0 radical (unpaired) electrons. The SMILES string of the molecule is O=C(c1cccc(F)c1)N1CCC(c2cccnc2)=N1. The summed E-state index contributed by atoms with van der Waals surface area (Å²) in [5, 5.41) is 5.67. The Hall–Kier alpha value is -2.56. The number of rotatable bonds is 2. The van der Waals surface area contributed by atoms with Gasteiger partial charge >= 0.3 is 0 Å². The summed E-state index contributed by atoms with van der Waals surface area (Å²) in [5.74, 6) is -0.713. The van der Waals surface area contributed by atoms with Crippen LogP contribution in [0.5, 0.6) is 0 Å². The highest BCUT2D eigenvalue weighted by Crippen LogP contribution is 2.16. The zero-order chi connectivity index (χ0) is 13.9. The van der Waals surface area contributed by atoms with Crippen molar-refractivity contribution in [2.75, 3.05) is 6.54 Å². The van der Waals surface area contributed by atoms with E-state index in [2.05, 4.69) is 10.1 Å². The average Bonchev–Trinajstić information content (AvgIpc) is 2.97. The molecule has 1 amide bonds. The van der Waals surface area contributed by atoms with E-state index in [-0.39, 0.29) is 5.91 Å². The van der Waals surface area contributed by atoms with E-state index in [9.17, 15) is 9.18 Å². The molecule has 0 saturated heterocycles. The highest BCUT2D eigenvalue weighted by atomic mass is 19.1. The van der Waals surface area contributed by atoms with Crippen molar-refractivity contribution >= 4 is 11.6 Å². The fraction of sp³-hybridized carbons (Fsp3) is 0.133. The van der Waals surface area contributed by atoms with Crippen molar-refractivity contribution in [1.82, 2.24) is 9.99 Å². The summed E-state index contributed by atoms with van der Waals surface area (Å²) in [5.41, 5.74) is 2.03. The number of halogens is 1. The molecule has 0 saturated carbocycles. The summed E-state index contributed by atoms with van der Waals surface area (Å²) in [6.07, 6.45) is 4.08. The third-order valence-electron chi connectivity index (χ3n) is 3.10. The molecular formula is C15H12FN3O. The Morgan fingerprint density at radius 1 is 1.25 bits per heavy atom. The van der Waals surface area contributed by atoms with Crippen LogP contribution in [-0.2, 0) is 0 Å². The molecule has 20 heavy (non-hydrogen) atoms. The van der Waals surface area contributed by atoms with Crippen LogP contribution in [-0.4, -0.2) is 28.2 Å². The minimum atomic E-state index is -0.425. The first-order valence-electron chi connectivity index (χ1n) is 6.29. The van der Waals surface area contributed by atoms with Gasteiger partial charge in [-0.05, 0) is 24.3 Å². The molecule has 1 aromatic carbocycles. The number of carbonyl (C=O) groups excluding carboxylic acids is 1. The lowest BCUT2D eigenvalue weighted by Gasteiger charge is -2.11. The summed E-state index contributed by atoms with van der Waals surface area (Å²) >= 11 is 0. The van der Waals surface area contributed by atoms with Gasteiger partial charge in [-0.3, -0.25) is 9.78 Å². The van der Waals surface area contributed by atoms with Crippen LogP contribution in [0.25, 0.3) is 0 Å². The average molecular weight is 269 g/mol. The molecule has 0 bridgehead atoms. The van der Waals surface area contributed by atoms with Crippen molar-refractivity contribution in [2.45, 2.75) is 6.42 Å². The van der Waals surface area contributed by atoms with Gasteiger partial charge in [-0.25, -0.2) is 9.40 Å². The molecule has 2 aromatic rings. The van der Waals surface area contributed by atoms with Gasteiger partial charge in [-0.1, -0.05) is 12.1 Å². The van der Waals surface area contributed by atoms with Crippen molar-refractivity contribution < 1.29 is 9.18 Å².